The number of anilines is 1. The smallest absolute Gasteiger partial charge is 0.203 e. The molecule has 2 aromatic rings. The van der Waals surface area contributed by atoms with Crippen LogP contribution in [0.1, 0.15) is 5.56 Å². The molecular formula is C13H15F2N3O. The Hall–Kier alpha value is -1.95. The third-order valence-corrected chi connectivity index (χ3v) is 2.66. The van der Waals surface area contributed by atoms with E-state index in [1.54, 1.807) is 24.1 Å². The van der Waals surface area contributed by atoms with Crippen LogP contribution in [0.3, 0.4) is 0 Å². The number of imidazole rings is 1. The Morgan fingerprint density at radius 1 is 1.37 bits per heavy atom. The van der Waals surface area contributed by atoms with E-state index in [1.807, 2.05) is 0 Å². The lowest BCUT2D eigenvalue weighted by Gasteiger charge is -2.10. The van der Waals surface area contributed by atoms with Crippen molar-refractivity contribution >= 4 is 5.95 Å². The van der Waals surface area contributed by atoms with Gasteiger partial charge in [0, 0.05) is 37.7 Å². The number of aromatic nitrogens is 2. The van der Waals surface area contributed by atoms with Crippen LogP contribution in [0.4, 0.5) is 14.7 Å². The first-order valence-corrected chi connectivity index (χ1v) is 5.88. The van der Waals surface area contributed by atoms with Crippen LogP contribution in [-0.2, 0) is 11.3 Å². The van der Waals surface area contributed by atoms with Crippen LogP contribution in [0.2, 0.25) is 0 Å². The average molecular weight is 267 g/mol. The molecule has 19 heavy (non-hydrogen) atoms. The van der Waals surface area contributed by atoms with Crippen LogP contribution < -0.4 is 5.32 Å². The molecule has 6 heteroatoms. The minimum Gasteiger partial charge on any atom is -0.383 e. The molecule has 1 N–H and O–H groups in total. The SMILES string of the molecule is COCCNc1nccn1Cc1ccc(F)cc1F. The molecule has 0 aliphatic carbocycles. The zero-order chi connectivity index (χ0) is 13.7. The summed E-state index contributed by atoms with van der Waals surface area (Å²) in [6, 6.07) is 3.56. The standard InChI is InChI=1S/C13H15F2N3O/c1-19-7-5-17-13-16-4-6-18(13)9-10-2-3-11(14)8-12(10)15/h2-4,6,8H,5,7,9H2,1H3,(H,16,17). The van der Waals surface area contributed by atoms with Gasteiger partial charge in [0.25, 0.3) is 0 Å². The Labute approximate surface area is 110 Å². The molecule has 102 valence electrons. The minimum absolute atomic E-state index is 0.293. The number of rotatable bonds is 6. The first-order chi connectivity index (χ1) is 9.20. The van der Waals surface area contributed by atoms with Gasteiger partial charge in [-0.05, 0) is 6.07 Å². The third-order valence-electron chi connectivity index (χ3n) is 2.66. The first kappa shape index (κ1) is 13.5. The van der Waals surface area contributed by atoms with E-state index in [1.165, 1.54) is 12.1 Å². The fourth-order valence-corrected chi connectivity index (χ4v) is 1.70. The topological polar surface area (TPSA) is 39.1 Å². The van der Waals surface area contributed by atoms with Crippen molar-refractivity contribution in [2.45, 2.75) is 6.54 Å². The maximum atomic E-state index is 13.6. The van der Waals surface area contributed by atoms with Crippen LogP contribution >= 0.6 is 0 Å². The molecule has 0 saturated heterocycles. The van der Waals surface area contributed by atoms with E-state index in [4.69, 9.17) is 4.74 Å². The van der Waals surface area contributed by atoms with Gasteiger partial charge in [-0.25, -0.2) is 13.8 Å². The predicted octanol–water partition coefficient (Wildman–Crippen LogP) is 2.27. The quantitative estimate of drug-likeness (QED) is 0.816. The summed E-state index contributed by atoms with van der Waals surface area (Å²) in [5.74, 6) is -0.511. The number of ether oxygens (including phenoxy) is 1. The van der Waals surface area contributed by atoms with E-state index in [0.29, 0.717) is 31.2 Å². The molecule has 0 aliphatic heterocycles. The summed E-state index contributed by atoms with van der Waals surface area (Å²) in [6.45, 7) is 1.46. The van der Waals surface area contributed by atoms with Crippen LogP contribution in [0.25, 0.3) is 0 Å². The van der Waals surface area contributed by atoms with E-state index >= 15 is 0 Å². The number of hydrogen-bond donors (Lipinski definition) is 1. The summed E-state index contributed by atoms with van der Waals surface area (Å²) in [5.41, 5.74) is 0.411. The lowest BCUT2D eigenvalue weighted by Crippen LogP contribution is -2.13. The molecule has 0 fully saturated rings. The number of halogens is 2. The largest absolute Gasteiger partial charge is 0.383 e. The maximum absolute atomic E-state index is 13.6. The third kappa shape index (κ3) is 3.51. The van der Waals surface area contributed by atoms with Gasteiger partial charge in [0.2, 0.25) is 5.95 Å². The molecule has 1 aromatic carbocycles. The molecule has 1 heterocycles. The lowest BCUT2D eigenvalue weighted by molar-refractivity contribution is 0.210. The fraction of sp³-hybridized carbons (Fsp3) is 0.308. The van der Waals surface area contributed by atoms with E-state index in [2.05, 4.69) is 10.3 Å². The van der Waals surface area contributed by atoms with Crippen molar-refractivity contribution in [1.82, 2.24) is 9.55 Å². The van der Waals surface area contributed by atoms with Crippen molar-refractivity contribution in [3.05, 3.63) is 47.8 Å². The molecule has 0 bridgehead atoms. The molecule has 0 atom stereocenters. The molecule has 0 saturated carbocycles. The van der Waals surface area contributed by atoms with Gasteiger partial charge in [0.05, 0.1) is 13.2 Å². The van der Waals surface area contributed by atoms with Crippen molar-refractivity contribution in [2.75, 3.05) is 25.6 Å². The number of benzene rings is 1. The summed E-state index contributed by atoms with van der Waals surface area (Å²) >= 11 is 0. The second-order valence-corrected chi connectivity index (χ2v) is 4.03. The monoisotopic (exact) mass is 267 g/mol. The summed E-state index contributed by atoms with van der Waals surface area (Å²) < 4.78 is 33.1. The van der Waals surface area contributed by atoms with Gasteiger partial charge < -0.3 is 14.6 Å². The van der Waals surface area contributed by atoms with E-state index in [0.717, 1.165) is 6.07 Å². The van der Waals surface area contributed by atoms with Gasteiger partial charge in [-0.3, -0.25) is 0 Å². The number of nitrogens with one attached hydrogen (secondary N) is 1. The zero-order valence-electron chi connectivity index (χ0n) is 10.6. The molecule has 0 spiro atoms. The second kappa shape index (κ2) is 6.29. The highest BCUT2D eigenvalue weighted by Gasteiger charge is 2.07. The second-order valence-electron chi connectivity index (χ2n) is 4.03. The molecule has 0 radical (unpaired) electrons. The van der Waals surface area contributed by atoms with Gasteiger partial charge in [-0.2, -0.15) is 0 Å². The molecule has 0 unspecified atom stereocenters. The van der Waals surface area contributed by atoms with E-state index in [-0.39, 0.29) is 0 Å². The van der Waals surface area contributed by atoms with Gasteiger partial charge >= 0.3 is 0 Å². The Bertz CT molecular complexity index is 542. The Kier molecular flexibility index (Phi) is 4.46. The van der Waals surface area contributed by atoms with Gasteiger partial charge in [0.1, 0.15) is 11.6 Å². The maximum Gasteiger partial charge on any atom is 0.203 e. The van der Waals surface area contributed by atoms with Crippen molar-refractivity contribution in [3.8, 4) is 0 Å². The Morgan fingerprint density at radius 2 is 2.21 bits per heavy atom. The summed E-state index contributed by atoms with van der Waals surface area (Å²) in [6.07, 6.45) is 3.36. The highest BCUT2D eigenvalue weighted by molar-refractivity contribution is 5.28. The molecular weight excluding hydrogens is 252 g/mol. The van der Waals surface area contributed by atoms with Crippen molar-refractivity contribution < 1.29 is 13.5 Å². The van der Waals surface area contributed by atoms with Crippen molar-refractivity contribution in [2.24, 2.45) is 0 Å². The Balaban J connectivity index is 2.08. The molecule has 4 nitrogen and oxygen atoms in total. The molecule has 0 amide bonds. The fourth-order valence-electron chi connectivity index (χ4n) is 1.70. The number of nitrogens with zero attached hydrogens (tertiary/aromatic N) is 2. The van der Waals surface area contributed by atoms with Crippen LogP contribution in [0.5, 0.6) is 0 Å². The van der Waals surface area contributed by atoms with Crippen LogP contribution in [-0.4, -0.2) is 29.8 Å². The summed E-state index contributed by atoms with van der Waals surface area (Å²) in [4.78, 5) is 4.13. The number of methoxy groups -OCH3 is 1. The highest BCUT2D eigenvalue weighted by Crippen LogP contribution is 2.13. The van der Waals surface area contributed by atoms with Crippen molar-refractivity contribution in [1.29, 1.82) is 0 Å². The molecule has 2 rings (SSSR count). The normalized spacial score (nSPS) is 10.7. The minimum atomic E-state index is -0.578. The molecule has 0 aliphatic rings. The van der Waals surface area contributed by atoms with Crippen molar-refractivity contribution in [3.63, 3.8) is 0 Å². The summed E-state index contributed by atoms with van der Waals surface area (Å²) in [7, 11) is 1.61. The summed E-state index contributed by atoms with van der Waals surface area (Å²) in [5, 5.41) is 3.08. The lowest BCUT2D eigenvalue weighted by atomic mass is 10.2. The number of hydrogen-bond acceptors (Lipinski definition) is 3. The van der Waals surface area contributed by atoms with E-state index < -0.39 is 11.6 Å². The predicted molar refractivity (Wildman–Crippen MR) is 68.1 cm³/mol. The first-order valence-electron chi connectivity index (χ1n) is 5.88. The zero-order valence-corrected chi connectivity index (χ0v) is 10.6. The van der Waals surface area contributed by atoms with Crippen LogP contribution in [0.15, 0.2) is 30.6 Å². The highest BCUT2D eigenvalue weighted by atomic mass is 19.1. The molecule has 1 aromatic heterocycles. The Morgan fingerprint density at radius 3 is 2.95 bits per heavy atom. The average Bonchev–Trinajstić information content (AvgIpc) is 2.81. The van der Waals surface area contributed by atoms with Crippen LogP contribution in [0, 0.1) is 11.6 Å². The van der Waals surface area contributed by atoms with Gasteiger partial charge in [0.15, 0.2) is 0 Å². The van der Waals surface area contributed by atoms with E-state index in [9.17, 15) is 8.78 Å². The van der Waals surface area contributed by atoms with Gasteiger partial charge in [-0.15, -0.1) is 0 Å². The van der Waals surface area contributed by atoms with Gasteiger partial charge in [-0.1, -0.05) is 6.07 Å².